The molecule has 7 rings (SSSR count). The van der Waals surface area contributed by atoms with Gasteiger partial charge in [0.25, 0.3) is 11.8 Å². The third-order valence-corrected chi connectivity index (χ3v) is 15.6. The van der Waals surface area contributed by atoms with Crippen LogP contribution in [-0.2, 0) is 61.1 Å². The van der Waals surface area contributed by atoms with Crippen molar-refractivity contribution in [2.45, 2.75) is 94.6 Å². The third-order valence-electron chi connectivity index (χ3n) is 12.3. The average Bonchev–Trinajstić information content (AvgIpc) is 3.74. The van der Waals surface area contributed by atoms with Gasteiger partial charge in [-0.15, -0.1) is 0 Å². The van der Waals surface area contributed by atoms with Crippen LogP contribution in [0.2, 0.25) is 5.02 Å². The molecule has 2 aliphatic carbocycles. The fourth-order valence-corrected chi connectivity index (χ4v) is 10.0. The number of halogens is 11. The van der Waals surface area contributed by atoms with Crippen LogP contribution in [0.1, 0.15) is 80.0 Å². The number of sulfone groups is 1. The maximum absolute atomic E-state index is 15.6. The van der Waals surface area contributed by atoms with Crippen LogP contribution in [0.3, 0.4) is 0 Å². The number of pyridine rings is 1. The quantitative estimate of drug-likeness (QED) is 0.0823. The van der Waals surface area contributed by atoms with Gasteiger partial charge in [-0.2, -0.15) is 49.6 Å². The molecule has 388 valence electrons. The Morgan fingerprint density at radius 3 is 2.12 bits per heavy atom. The molecule has 14 nitrogen and oxygen atoms in total. The number of aromatic nitrogens is 5. The van der Waals surface area contributed by atoms with E-state index < -0.39 is 160 Å². The zero-order valence-electron chi connectivity index (χ0n) is 38.9. The van der Waals surface area contributed by atoms with E-state index in [1.165, 1.54) is 33.0 Å². The van der Waals surface area contributed by atoms with Gasteiger partial charge in [0.15, 0.2) is 21.3 Å². The first-order valence-electron chi connectivity index (χ1n) is 21.6. The van der Waals surface area contributed by atoms with E-state index >= 15 is 8.78 Å². The van der Waals surface area contributed by atoms with Gasteiger partial charge in [0.2, 0.25) is 15.9 Å². The highest BCUT2D eigenvalue weighted by Crippen LogP contribution is 2.68. The fourth-order valence-electron chi connectivity index (χ4n) is 8.69. The fraction of sp³-hybridized carbons (Fsp3) is 0.444. The number of carbonyl (C=O) groups excluding carboxylic acids is 2. The first-order chi connectivity index (χ1) is 33.0. The van der Waals surface area contributed by atoms with Crippen molar-refractivity contribution in [1.29, 1.82) is 0 Å². The Kier molecular flexibility index (Phi) is 14.0. The monoisotopic (exact) mass is 1080 g/mol. The largest absolute Gasteiger partial charge is 0.435 e. The van der Waals surface area contributed by atoms with Crippen molar-refractivity contribution in [3.05, 3.63) is 93.0 Å². The molecule has 72 heavy (non-hydrogen) atoms. The maximum Gasteiger partial charge on any atom is 0.435 e. The molecular formula is C45H43ClF10N8O6S2. The molecule has 2 N–H and O–H groups in total. The first kappa shape index (κ1) is 54.0. The van der Waals surface area contributed by atoms with Crippen LogP contribution in [0.5, 0.6) is 0 Å². The Morgan fingerprint density at radius 2 is 1.57 bits per heavy atom. The van der Waals surface area contributed by atoms with Gasteiger partial charge in [-0.25, -0.2) is 30.6 Å². The van der Waals surface area contributed by atoms with Gasteiger partial charge in [-0.1, -0.05) is 37.4 Å². The van der Waals surface area contributed by atoms with Crippen molar-refractivity contribution >= 4 is 60.0 Å². The van der Waals surface area contributed by atoms with E-state index in [4.69, 9.17) is 11.6 Å². The molecule has 0 bridgehead atoms. The Hall–Kier alpha value is -5.78. The zero-order chi connectivity index (χ0) is 53.6. The molecule has 3 heterocycles. The van der Waals surface area contributed by atoms with Crippen LogP contribution >= 0.6 is 11.6 Å². The normalized spacial score (nSPS) is 17.5. The van der Waals surface area contributed by atoms with E-state index in [1.54, 1.807) is 13.8 Å². The van der Waals surface area contributed by atoms with E-state index in [1.807, 2.05) is 0 Å². The van der Waals surface area contributed by atoms with Crippen LogP contribution in [0.4, 0.5) is 49.7 Å². The molecule has 27 heteroatoms. The molecule has 1 saturated carbocycles. The van der Waals surface area contributed by atoms with E-state index in [9.17, 15) is 61.5 Å². The minimum atomic E-state index is -5.22. The predicted octanol–water partition coefficient (Wildman–Crippen LogP) is 7.83. The molecule has 1 fully saturated rings. The van der Waals surface area contributed by atoms with Crippen LogP contribution in [0, 0.1) is 35.3 Å². The lowest BCUT2D eigenvalue weighted by molar-refractivity contribution is -0.143. The second-order valence-corrected chi connectivity index (χ2v) is 23.2. The topological polar surface area (TPSA) is 178 Å². The number of nitrogens with one attached hydrogen (secondary N) is 2. The predicted molar refractivity (Wildman–Crippen MR) is 243 cm³/mol. The third kappa shape index (κ3) is 10.5. The Morgan fingerprint density at radius 1 is 0.944 bits per heavy atom. The molecule has 0 saturated heterocycles. The minimum Gasteiger partial charge on any atom is -0.346 e. The summed E-state index contributed by atoms with van der Waals surface area (Å²) < 4.78 is 199. The number of hydrogen-bond acceptors (Lipinski definition) is 10. The smallest absolute Gasteiger partial charge is 0.346 e. The molecule has 2 amide bonds. The number of hydrogen-bond donors (Lipinski definition) is 2. The lowest BCUT2D eigenvalue weighted by Gasteiger charge is -2.26. The number of likely N-dealkylation sites (N-methyl/N-ethyl adjacent to an activating group) is 1. The van der Waals surface area contributed by atoms with Gasteiger partial charge in [0, 0.05) is 34.9 Å². The second kappa shape index (κ2) is 18.6. The summed E-state index contributed by atoms with van der Waals surface area (Å²) in [6, 6.07) is 3.69. The first-order valence-corrected chi connectivity index (χ1v) is 25.7. The van der Waals surface area contributed by atoms with Gasteiger partial charge < -0.3 is 10.6 Å². The Balaban J connectivity index is 1.50. The molecule has 0 aliphatic heterocycles. The standard InChI is InChI=1S/C45H43ClF10N8O6S2/c1-21(2)35(57-5)41(66)64(72(7,69)70)40-34-30(46)11-10-27(37(34)63(61-40)20-43(49,50)51)26-9-8-25(12-13-42(3,4)71(6,67)68)58-36(26)31(16-22-14-23(47)17-24(48)15-22)59-32(65)19-62-39-33(38(60-62)45(54,55)56)28-18-29(28)44(39,52)53/h8-11,14-15,17,21,28-29,31,35,57H,16,18-20H2,1-7H3,(H,59,65)/t28-,29+,31-,35?/m0/s1. The second-order valence-electron chi connectivity index (χ2n) is 18.4. The minimum absolute atomic E-state index is 0.186. The van der Waals surface area contributed by atoms with Crippen LogP contribution < -0.4 is 14.9 Å². The molecule has 0 radical (unpaired) electrons. The summed E-state index contributed by atoms with van der Waals surface area (Å²) in [7, 11) is -7.30. The summed E-state index contributed by atoms with van der Waals surface area (Å²) in [5, 5.41) is 11.6. The molecule has 1 unspecified atom stereocenters. The SMILES string of the molecule is CNC(C(=O)N(c1nn(CC(F)(F)F)c2c(-c3ccc(C#CC(C)(C)S(C)(=O)=O)nc3[C@H](Cc3cc(F)cc(F)c3)NC(=O)Cn3nc(C(F)(F)F)c4c3C(F)(F)[C@@H]3C[C@H]43)ccc(Cl)c12)S(C)(=O)=O)C(C)C. The number of sulfonamides is 1. The summed E-state index contributed by atoms with van der Waals surface area (Å²) in [5.41, 5.74) is -5.70. The van der Waals surface area contributed by atoms with Crippen LogP contribution in [0.25, 0.3) is 22.0 Å². The Labute approximate surface area is 410 Å². The average molecular weight is 1080 g/mol. The highest BCUT2D eigenvalue weighted by atomic mass is 35.5. The van der Waals surface area contributed by atoms with Crippen molar-refractivity contribution in [2.24, 2.45) is 11.8 Å². The molecule has 4 atom stereocenters. The number of carbonyl (C=O) groups is 2. The van der Waals surface area contributed by atoms with Gasteiger partial charge in [-0.3, -0.25) is 19.0 Å². The van der Waals surface area contributed by atoms with Crippen molar-refractivity contribution in [1.82, 2.24) is 35.2 Å². The number of alkyl halides is 8. The highest BCUT2D eigenvalue weighted by Gasteiger charge is 2.68. The molecule has 5 aromatic rings. The van der Waals surface area contributed by atoms with Crippen molar-refractivity contribution < 1.29 is 70.3 Å². The molecule has 2 aromatic carbocycles. The summed E-state index contributed by atoms with van der Waals surface area (Å²) in [6.45, 7) is 2.38. The van der Waals surface area contributed by atoms with E-state index in [0.29, 0.717) is 17.0 Å². The molecule has 3 aromatic heterocycles. The van der Waals surface area contributed by atoms with E-state index in [-0.39, 0.29) is 37.8 Å². The number of anilines is 1. The number of nitrogens with zero attached hydrogens (tertiary/aromatic N) is 6. The summed E-state index contributed by atoms with van der Waals surface area (Å²) in [4.78, 5) is 32.8. The summed E-state index contributed by atoms with van der Waals surface area (Å²) in [6.07, 6.45) is -9.79. The number of benzene rings is 2. The number of fused-ring (bicyclic) bond motifs is 4. The Bertz CT molecular complexity index is 3310. The van der Waals surface area contributed by atoms with Gasteiger partial charge in [-0.05, 0) is 87.4 Å². The lowest BCUT2D eigenvalue weighted by Crippen LogP contribution is -2.50. The molecule has 2 aliphatic rings. The maximum atomic E-state index is 15.6. The van der Waals surface area contributed by atoms with Crippen molar-refractivity contribution in [3.8, 4) is 23.0 Å². The van der Waals surface area contributed by atoms with Crippen LogP contribution in [0.15, 0.2) is 42.5 Å². The van der Waals surface area contributed by atoms with Crippen molar-refractivity contribution in [2.75, 3.05) is 23.9 Å². The van der Waals surface area contributed by atoms with E-state index in [0.717, 1.165) is 30.5 Å². The molecule has 0 spiro atoms. The number of amides is 2. The van der Waals surface area contributed by atoms with Gasteiger partial charge >= 0.3 is 12.4 Å². The van der Waals surface area contributed by atoms with Crippen molar-refractivity contribution in [3.63, 3.8) is 0 Å². The van der Waals surface area contributed by atoms with E-state index in [2.05, 4.69) is 37.7 Å². The zero-order valence-corrected chi connectivity index (χ0v) is 41.3. The van der Waals surface area contributed by atoms with Gasteiger partial charge in [0.05, 0.1) is 40.0 Å². The highest BCUT2D eigenvalue weighted by molar-refractivity contribution is 7.93. The van der Waals surface area contributed by atoms with Gasteiger partial charge in [0.1, 0.15) is 40.9 Å². The molecular weight excluding hydrogens is 1040 g/mol. The lowest BCUT2D eigenvalue weighted by atomic mass is 9.93. The summed E-state index contributed by atoms with van der Waals surface area (Å²) >= 11 is 6.69. The number of rotatable bonds is 14. The van der Waals surface area contributed by atoms with Crippen LogP contribution in [-0.4, -0.2) is 89.7 Å². The summed E-state index contributed by atoms with van der Waals surface area (Å²) in [5.74, 6) is -7.60.